The van der Waals surface area contributed by atoms with E-state index >= 15 is 0 Å². The fraction of sp³-hybridized carbons (Fsp3) is 0.240. The summed E-state index contributed by atoms with van der Waals surface area (Å²) < 4.78 is 14.0. The average molecular weight is 435 g/mol. The lowest BCUT2D eigenvalue weighted by molar-refractivity contribution is 0.0774. The van der Waals surface area contributed by atoms with E-state index in [9.17, 15) is 4.79 Å². The quantitative estimate of drug-likeness (QED) is 0.381. The van der Waals surface area contributed by atoms with Crippen molar-refractivity contribution in [1.29, 1.82) is 0 Å². The summed E-state index contributed by atoms with van der Waals surface area (Å²) in [7, 11) is 5.06. The van der Waals surface area contributed by atoms with Crippen LogP contribution in [-0.2, 0) is 19.5 Å². The molecule has 0 saturated heterocycles. The van der Waals surface area contributed by atoms with Crippen LogP contribution < -0.4 is 9.47 Å². The molecule has 1 amide bonds. The first kappa shape index (κ1) is 21.0. The number of amides is 1. The van der Waals surface area contributed by atoms with Crippen molar-refractivity contribution in [2.24, 2.45) is 0 Å². The third-order valence-corrected chi connectivity index (χ3v) is 6.28. The Morgan fingerprint density at radius 2 is 1.74 bits per heavy atom. The number of aryl methyl sites for hydroxylation is 2. The van der Waals surface area contributed by atoms with Crippen molar-refractivity contribution in [3.8, 4) is 11.5 Å². The Hall–Kier alpha value is -3.25. The second kappa shape index (κ2) is 9.27. The highest BCUT2D eigenvalue weighted by atomic mass is 32.1. The molecule has 2 aromatic carbocycles. The highest BCUT2D eigenvalue weighted by Crippen LogP contribution is 2.29. The number of fused-ring (bicyclic) bond motifs is 1. The van der Waals surface area contributed by atoms with E-state index in [4.69, 9.17) is 9.47 Å². The van der Waals surface area contributed by atoms with Crippen LogP contribution in [-0.4, -0.2) is 36.6 Å². The van der Waals surface area contributed by atoms with Crippen LogP contribution in [0.3, 0.4) is 0 Å². The number of carbonyl (C=O) groups excluding carboxylic acids is 1. The number of methoxy groups -OCH3 is 2. The van der Waals surface area contributed by atoms with Crippen molar-refractivity contribution in [2.45, 2.75) is 19.5 Å². The lowest BCUT2D eigenvalue weighted by atomic mass is 10.1. The Morgan fingerprint density at radius 3 is 2.48 bits per heavy atom. The molecular weight excluding hydrogens is 408 g/mol. The van der Waals surface area contributed by atoms with Gasteiger partial charge in [0.25, 0.3) is 5.91 Å². The molecule has 0 atom stereocenters. The summed E-state index contributed by atoms with van der Waals surface area (Å²) >= 11 is 1.66. The van der Waals surface area contributed by atoms with Gasteiger partial charge < -0.3 is 18.9 Å². The first-order chi connectivity index (χ1) is 15.1. The zero-order valence-corrected chi connectivity index (χ0v) is 18.8. The van der Waals surface area contributed by atoms with Crippen molar-refractivity contribution in [3.63, 3.8) is 0 Å². The maximum atomic E-state index is 13.4. The van der Waals surface area contributed by atoms with E-state index in [1.54, 1.807) is 30.5 Å². The molecule has 2 heterocycles. The number of benzene rings is 2. The van der Waals surface area contributed by atoms with Gasteiger partial charge in [-0.1, -0.05) is 36.4 Å². The minimum absolute atomic E-state index is 0.00578. The molecule has 0 aliphatic heterocycles. The second-order valence-corrected chi connectivity index (χ2v) is 8.39. The topological polar surface area (TPSA) is 43.7 Å². The van der Waals surface area contributed by atoms with Gasteiger partial charge in [0.05, 0.1) is 24.4 Å². The number of hydrogen-bond donors (Lipinski definition) is 0. The van der Waals surface area contributed by atoms with Gasteiger partial charge in [-0.25, -0.2) is 0 Å². The molecule has 6 heteroatoms. The molecule has 31 heavy (non-hydrogen) atoms. The first-order valence-corrected chi connectivity index (χ1v) is 11.1. The van der Waals surface area contributed by atoms with Gasteiger partial charge in [0, 0.05) is 20.1 Å². The van der Waals surface area contributed by atoms with Gasteiger partial charge in [0.1, 0.15) is 5.69 Å². The van der Waals surface area contributed by atoms with E-state index in [-0.39, 0.29) is 5.91 Å². The zero-order chi connectivity index (χ0) is 21.8. The maximum Gasteiger partial charge on any atom is 0.270 e. The summed E-state index contributed by atoms with van der Waals surface area (Å²) in [5.41, 5.74) is 4.08. The van der Waals surface area contributed by atoms with Gasteiger partial charge in [-0.2, -0.15) is 0 Å². The molecule has 0 spiro atoms. The number of thiophene rings is 1. The molecule has 0 aliphatic carbocycles. The number of aromatic nitrogens is 1. The van der Waals surface area contributed by atoms with Crippen molar-refractivity contribution >= 4 is 27.5 Å². The highest BCUT2D eigenvalue weighted by Gasteiger charge is 2.20. The standard InChI is InChI=1S/C25H26N2O3S/c1-26(17-19-9-10-22(29-2)23(15-19)30-3)25(28)21-16-24-20(12-14-31-24)27(21)13-11-18-7-5-4-6-8-18/h4-10,12,14-16H,11,13,17H2,1-3H3. The van der Waals surface area contributed by atoms with Crippen LogP contribution in [0.1, 0.15) is 21.6 Å². The fourth-order valence-corrected chi connectivity index (χ4v) is 4.62. The molecule has 4 aromatic rings. The molecule has 0 N–H and O–H groups in total. The van der Waals surface area contributed by atoms with E-state index < -0.39 is 0 Å². The number of rotatable bonds is 8. The van der Waals surface area contributed by atoms with E-state index in [1.165, 1.54) is 5.56 Å². The maximum absolute atomic E-state index is 13.4. The molecule has 0 radical (unpaired) electrons. The molecule has 0 bridgehead atoms. The number of ether oxygens (including phenoxy) is 2. The summed E-state index contributed by atoms with van der Waals surface area (Å²) in [5, 5.41) is 2.07. The molecule has 5 nitrogen and oxygen atoms in total. The van der Waals surface area contributed by atoms with Crippen LogP contribution in [0.2, 0.25) is 0 Å². The van der Waals surface area contributed by atoms with Crippen molar-refractivity contribution in [2.75, 3.05) is 21.3 Å². The third-order valence-electron chi connectivity index (χ3n) is 5.42. The van der Waals surface area contributed by atoms with Crippen LogP contribution in [0, 0.1) is 0 Å². The summed E-state index contributed by atoms with van der Waals surface area (Å²) in [6, 6.07) is 20.2. The number of hydrogen-bond acceptors (Lipinski definition) is 4. The molecule has 4 rings (SSSR count). The smallest absolute Gasteiger partial charge is 0.270 e. The Bertz CT molecular complexity index is 1180. The van der Waals surface area contributed by atoms with Gasteiger partial charge in [-0.05, 0) is 47.2 Å². The molecule has 160 valence electrons. The Balaban J connectivity index is 1.56. The summed E-state index contributed by atoms with van der Waals surface area (Å²) in [6.07, 6.45) is 0.875. The lowest BCUT2D eigenvalue weighted by Crippen LogP contribution is -2.28. The molecular formula is C25H26N2O3S. The van der Waals surface area contributed by atoms with Crippen molar-refractivity contribution in [3.05, 3.63) is 82.9 Å². The largest absolute Gasteiger partial charge is 0.493 e. The predicted octanol–water partition coefficient (Wildman–Crippen LogP) is 5.23. The third kappa shape index (κ3) is 4.44. The number of nitrogens with zero attached hydrogens (tertiary/aromatic N) is 2. The zero-order valence-electron chi connectivity index (χ0n) is 18.0. The monoisotopic (exact) mass is 434 g/mol. The van der Waals surface area contributed by atoms with E-state index in [1.807, 2.05) is 49.5 Å². The van der Waals surface area contributed by atoms with Gasteiger partial charge in [0.15, 0.2) is 11.5 Å². The Kier molecular flexibility index (Phi) is 6.28. The van der Waals surface area contributed by atoms with E-state index in [0.717, 1.165) is 34.4 Å². The SMILES string of the molecule is COc1ccc(CN(C)C(=O)c2cc3sccc3n2CCc2ccccc2)cc1OC. The van der Waals surface area contributed by atoms with Crippen molar-refractivity contribution < 1.29 is 14.3 Å². The molecule has 0 saturated carbocycles. The first-order valence-electron chi connectivity index (χ1n) is 10.2. The van der Waals surface area contributed by atoms with E-state index in [2.05, 4.69) is 28.1 Å². The summed E-state index contributed by atoms with van der Waals surface area (Å²) in [4.78, 5) is 15.1. The van der Waals surface area contributed by atoms with Gasteiger partial charge in [0.2, 0.25) is 0 Å². The van der Waals surface area contributed by atoms with E-state index in [0.29, 0.717) is 18.0 Å². The lowest BCUT2D eigenvalue weighted by Gasteiger charge is -2.20. The second-order valence-electron chi connectivity index (χ2n) is 7.44. The Morgan fingerprint density at radius 1 is 0.968 bits per heavy atom. The predicted molar refractivity (Wildman–Crippen MR) is 125 cm³/mol. The number of carbonyl (C=O) groups is 1. The van der Waals surface area contributed by atoms with Gasteiger partial charge >= 0.3 is 0 Å². The van der Waals surface area contributed by atoms with Gasteiger partial charge in [-0.3, -0.25) is 4.79 Å². The normalized spacial score (nSPS) is 10.9. The molecule has 2 aromatic heterocycles. The minimum atomic E-state index is 0.00578. The van der Waals surface area contributed by atoms with Gasteiger partial charge in [-0.15, -0.1) is 11.3 Å². The summed E-state index contributed by atoms with van der Waals surface area (Å²) in [5.74, 6) is 1.34. The van der Waals surface area contributed by atoms with Crippen molar-refractivity contribution in [1.82, 2.24) is 9.47 Å². The van der Waals surface area contributed by atoms with Crippen LogP contribution in [0.25, 0.3) is 10.2 Å². The minimum Gasteiger partial charge on any atom is -0.493 e. The van der Waals surface area contributed by atoms with Crippen LogP contribution >= 0.6 is 11.3 Å². The fourth-order valence-electron chi connectivity index (χ4n) is 3.80. The molecule has 0 unspecified atom stereocenters. The molecule has 0 fully saturated rings. The highest BCUT2D eigenvalue weighted by molar-refractivity contribution is 7.17. The summed E-state index contributed by atoms with van der Waals surface area (Å²) in [6.45, 7) is 1.24. The van der Waals surface area contributed by atoms with Crippen LogP contribution in [0.4, 0.5) is 0 Å². The van der Waals surface area contributed by atoms with Crippen LogP contribution in [0.5, 0.6) is 11.5 Å². The Labute approximate surface area is 186 Å². The molecule has 0 aliphatic rings. The average Bonchev–Trinajstić information content (AvgIpc) is 3.39. The van der Waals surface area contributed by atoms with Crippen LogP contribution in [0.15, 0.2) is 66.0 Å².